The number of nitrogens with two attached hydrogens (primary N) is 1. The van der Waals surface area contributed by atoms with E-state index in [-0.39, 0.29) is 5.91 Å². The van der Waals surface area contributed by atoms with Crippen molar-refractivity contribution in [3.05, 3.63) is 29.8 Å². The lowest BCUT2D eigenvalue weighted by Gasteiger charge is -2.23. The minimum Gasteiger partial charge on any atom is -0.384 e. The van der Waals surface area contributed by atoms with Gasteiger partial charge in [-0.25, -0.2) is 9.97 Å². The monoisotopic (exact) mass is 411 g/mol. The van der Waals surface area contributed by atoms with Crippen LogP contribution in [0.4, 0.5) is 5.82 Å². The number of nitrogens with one attached hydrogen (secondary N) is 2. The molecule has 1 aliphatic rings. The van der Waals surface area contributed by atoms with Crippen LogP contribution in [-0.2, 0) is 11.3 Å². The third kappa shape index (κ3) is 4.24. The van der Waals surface area contributed by atoms with Gasteiger partial charge in [-0.2, -0.15) is 0 Å². The molecular weight excluding hydrogens is 380 g/mol. The van der Waals surface area contributed by atoms with Gasteiger partial charge in [0, 0.05) is 19.5 Å². The van der Waals surface area contributed by atoms with Gasteiger partial charge in [0.25, 0.3) is 5.91 Å². The molecule has 0 spiro atoms. The fourth-order valence-corrected chi connectivity index (χ4v) is 4.03. The molecule has 1 amide bonds. The van der Waals surface area contributed by atoms with Crippen molar-refractivity contribution in [3.63, 3.8) is 0 Å². The molecule has 1 saturated heterocycles. The van der Waals surface area contributed by atoms with Crippen molar-refractivity contribution in [1.82, 2.24) is 19.9 Å². The molecule has 8 nitrogen and oxygen atoms in total. The number of benzene rings is 1. The molecule has 160 valence electrons. The molecular formula is C22H31N6O2+. The van der Waals surface area contributed by atoms with Gasteiger partial charge in [0.05, 0.1) is 30.8 Å². The summed E-state index contributed by atoms with van der Waals surface area (Å²) in [6, 6.07) is 7.72. The number of quaternary nitrogens is 1. The summed E-state index contributed by atoms with van der Waals surface area (Å²) in [5.41, 5.74) is 9.78. The number of nitrogens with zero attached hydrogens (tertiary/aromatic N) is 3. The molecule has 0 saturated carbocycles. The Kier molecular flexibility index (Phi) is 6.44. The number of aryl methyl sites for hydroxylation is 1. The van der Waals surface area contributed by atoms with Crippen molar-refractivity contribution in [2.45, 2.75) is 32.7 Å². The standard InChI is InChI=1S/C22H30N6O2/c1-2-3-9-24-22(29)18-19-21(26-17-8-5-4-7-16(17)25-19)28(20(18)23)11-6-10-27-12-14-30-15-13-27/h4-5,7-8H,2-3,6,9-15,23H2,1H3,(H,24,29)/p+1. The van der Waals surface area contributed by atoms with Crippen molar-refractivity contribution in [2.75, 3.05) is 45.1 Å². The third-order valence-electron chi connectivity index (χ3n) is 5.75. The highest BCUT2D eigenvalue weighted by molar-refractivity contribution is 6.10. The number of aromatic nitrogens is 3. The van der Waals surface area contributed by atoms with Crippen molar-refractivity contribution in [1.29, 1.82) is 0 Å². The Balaban J connectivity index is 1.65. The van der Waals surface area contributed by atoms with Crippen LogP contribution in [0.1, 0.15) is 36.5 Å². The lowest BCUT2D eigenvalue weighted by molar-refractivity contribution is -0.908. The fourth-order valence-electron chi connectivity index (χ4n) is 4.03. The number of hydrogen-bond acceptors (Lipinski definition) is 5. The number of nitrogen functional groups attached to an aromatic ring is 1. The van der Waals surface area contributed by atoms with Gasteiger partial charge < -0.3 is 25.3 Å². The average molecular weight is 412 g/mol. The molecule has 0 aliphatic carbocycles. The van der Waals surface area contributed by atoms with Crippen molar-refractivity contribution in [3.8, 4) is 0 Å². The summed E-state index contributed by atoms with van der Waals surface area (Å²) in [6.07, 6.45) is 2.90. The van der Waals surface area contributed by atoms with Gasteiger partial charge in [-0.3, -0.25) is 4.79 Å². The molecule has 1 aliphatic heterocycles. The second-order valence-corrected chi connectivity index (χ2v) is 7.87. The Hall–Kier alpha value is -2.71. The van der Waals surface area contributed by atoms with Crippen LogP contribution in [0, 0.1) is 0 Å². The summed E-state index contributed by atoms with van der Waals surface area (Å²) >= 11 is 0. The number of rotatable bonds is 8. The summed E-state index contributed by atoms with van der Waals surface area (Å²) in [5.74, 6) is 0.277. The minimum absolute atomic E-state index is 0.173. The van der Waals surface area contributed by atoms with E-state index in [1.165, 1.54) is 0 Å². The Labute approximate surface area is 176 Å². The van der Waals surface area contributed by atoms with Crippen LogP contribution in [0.15, 0.2) is 24.3 Å². The highest BCUT2D eigenvalue weighted by Gasteiger charge is 2.24. The molecule has 0 radical (unpaired) electrons. The normalized spacial score (nSPS) is 15.1. The SMILES string of the molecule is CCCCNC(=O)c1c(N)n(CCC[NH+]2CCOCC2)c2nc3ccccc3nc12. The van der Waals surface area contributed by atoms with Crippen LogP contribution < -0.4 is 16.0 Å². The van der Waals surface area contributed by atoms with Gasteiger partial charge in [-0.15, -0.1) is 0 Å². The molecule has 3 aromatic rings. The van der Waals surface area contributed by atoms with E-state index in [1.54, 1.807) is 4.90 Å². The molecule has 0 bridgehead atoms. The number of morpholine rings is 1. The molecule has 1 aromatic carbocycles. The van der Waals surface area contributed by atoms with Crippen LogP contribution in [0.3, 0.4) is 0 Å². The minimum atomic E-state index is -0.173. The summed E-state index contributed by atoms with van der Waals surface area (Å²) in [4.78, 5) is 24.1. The number of hydrogen-bond donors (Lipinski definition) is 3. The number of unbranched alkanes of at least 4 members (excludes halogenated alkanes) is 1. The van der Waals surface area contributed by atoms with Crippen molar-refractivity contribution in [2.24, 2.45) is 0 Å². The summed E-state index contributed by atoms with van der Waals surface area (Å²) in [7, 11) is 0. The van der Waals surface area contributed by atoms with Gasteiger partial charge in [-0.1, -0.05) is 25.5 Å². The molecule has 1 fully saturated rings. The van der Waals surface area contributed by atoms with E-state index in [4.69, 9.17) is 20.4 Å². The number of carbonyl (C=O) groups is 1. The number of anilines is 1. The number of fused-ring (bicyclic) bond motifs is 2. The Morgan fingerprint density at radius 3 is 2.67 bits per heavy atom. The maximum absolute atomic E-state index is 12.9. The van der Waals surface area contributed by atoms with Gasteiger partial charge in [0.15, 0.2) is 5.65 Å². The lowest BCUT2D eigenvalue weighted by Crippen LogP contribution is -3.14. The first-order valence-corrected chi connectivity index (χ1v) is 10.9. The Morgan fingerprint density at radius 2 is 1.93 bits per heavy atom. The zero-order chi connectivity index (χ0) is 20.9. The van der Waals surface area contributed by atoms with Gasteiger partial charge >= 0.3 is 0 Å². The van der Waals surface area contributed by atoms with Crippen LogP contribution in [0.5, 0.6) is 0 Å². The van der Waals surface area contributed by atoms with Crippen LogP contribution >= 0.6 is 0 Å². The number of amides is 1. The van der Waals surface area contributed by atoms with Crippen molar-refractivity contribution >= 4 is 33.9 Å². The first kappa shape index (κ1) is 20.6. The summed E-state index contributed by atoms with van der Waals surface area (Å²) in [5, 5.41) is 2.98. The zero-order valence-corrected chi connectivity index (χ0v) is 17.6. The topological polar surface area (TPSA) is 99.5 Å². The lowest BCUT2D eigenvalue weighted by atomic mass is 10.2. The molecule has 30 heavy (non-hydrogen) atoms. The Bertz CT molecular complexity index is 1030. The number of ether oxygens (including phenoxy) is 1. The molecule has 4 rings (SSSR count). The fraction of sp³-hybridized carbons (Fsp3) is 0.500. The number of carbonyl (C=O) groups excluding carboxylic acids is 1. The molecule has 2 aromatic heterocycles. The van der Waals surface area contributed by atoms with E-state index in [2.05, 4.69) is 12.2 Å². The van der Waals surface area contributed by atoms with E-state index in [0.717, 1.165) is 63.1 Å². The van der Waals surface area contributed by atoms with Crippen LogP contribution in [-0.4, -0.2) is 59.8 Å². The second-order valence-electron chi connectivity index (χ2n) is 7.87. The van der Waals surface area contributed by atoms with E-state index in [9.17, 15) is 4.79 Å². The predicted octanol–water partition coefficient (Wildman–Crippen LogP) is 1.00. The van der Waals surface area contributed by atoms with E-state index in [1.807, 2.05) is 28.8 Å². The maximum atomic E-state index is 12.9. The first-order valence-electron chi connectivity index (χ1n) is 10.9. The number of para-hydroxylation sites is 2. The average Bonchev–Trinajstić information content (AvgIpc) is 3.03. The molecule has 0 unspecified atom stereocenters. The predicted molar refractivity (Wildman–Crippen MR) is 118 cm³/mol. The van der Waals surface area contributed by atoms with Crippen molar-refractivity contribution < 1.29 is 14.4 Å². The smallest absolute Gasteiger partial charge is 0.257 e. The van der Waals surface area contributed by atoms with E-state index < -0.39 is 0 Å². The van der Waals surface area contributed by atoms with E-state index in [0.29, 0.717) is 35.6 Å². The van der Waals surface area contributed by atoms with Crippen LogP contribution in [0.2, 0.25) is 0 Å². The van der Waals surface area contributed by atoms with Crippen LogP contribution in [0.25, 0.3) is 22.2 Å². The summed E-state index contributed by atoms with van der Waals surface area (Å²) in [6.45, 7) is 8.20. The molecule has 8 heteroatoms. The zero-order valence-electron chi connectivity index (χ0n) is 17.6. The van der Waals surface area contributed by atoms with Gasteiger partial charge in [-0.05, 0) is 18.6 Å². The second kappa shape index (κ2) is 9.40. The molecule has 4 N–H and O–H groups in total. The quantitative estimate of drug-likeness (QED) is 0.480. The summed E-state index contributed by atoms with van der Waals surface area (Å²) < 4.78 is 7.40. The highest BCUT2D eigenvalue weighted by atomic mass is 16.5. The third-order valence-corrected chi connectivity index (χ3v) is 5.75. The maximum Gasteiger partial charge on any atom is 0.257 e. The van der Waals surface area contributed by atoms with Gasteiger partial charge in [0.2, 0.25) is 0 Å². The molecule has 0 atom stereocenters. The molecule has 3 heterocycles. The first-order chi connectivity index (χ1) is 14.7. The van der Waals surface area contributed by atoms with E-state index >= 15 is 0 Å². The highest BCUT2D eigenvalue weighted by Crippen LogP contribution is 2.28. The largest absolute Gasteiger partial charge is 0.384 e. The Morgan fingerprint density at radius 1 is 1.20 bits per heavy atom. The van der Waals surface area contributed by atoms with Gasteiger partial charge in [0.1, 0.15) is 30.0 Å².